The summed E-state index contributed by atoms with van der Waals surface area (Å²) in [6, 6.07) is 38.7. The Morgan fingerprint density at radius 1 is 0.629 bits per heavy atom. The molecular formula is C31H25N3O. The van der Waals surface area contributed by atoms with Crippen molar-refractivity contribution in [2.24, 2.45) is 0 Å². The lowest BCUT2D eigenvalue weighted by molar-refractivity contribution is 0.463. The summed E-state index contributed by atoms with van der Waals surface area (Å²) in [5, 5.41) is 0. The number of para-hydroxylation sites is 2. The van der Waals surface area contributed by atoms with Gasteiger partial charge in [0.1, 0.15) is 17.4 Å². The minimum atomic E-state index is -0.206. The van der Waals surface area contributed by atoms with Crippen LogP contribution < -0.4 is 9.64 Å². The Morgan fingerprint density at radius 2 is 1.34 bits per heavy atom. The molecule has 3 aromatic carbocycles. The predicted molar refractivity (Wildman–Crippen MR) is 141 cm³/mol. The Labute approximate surface area is 205 Å². The molecule has 0 amide bonds. The molecule has 0 saturated heterocycles. The molecule has 0 fully saturated rings. The van der Waals surface area contributed by atoms with E-state index >= 15 is 0 Å². The molecule has 0 N–H and O–H groups in total. The molecule has 6 rings (SSSR count). The number of aromatic nitrogens is 2. The first-order chi connectivity index (χ1) is 17.1. The molecule has 2 aromatic heterocycles. The maximum Gasteiger partial charge on any atom is 0.221 e. The minimum absolute atomic E-state index is 0.206. The maximum absolute atomic E-state index is 6.06. The quantitative estimate of drug-likeness (QED) is 0.275. The Bertz CT molecular complexity index is 1500. The number of benzene rings is 3. The van der Waals surface area contributed by atoms with Crippen LogP contribution in [0.15, 0.2) is 115 Å². The topological polar surface area (TPSA) is 38.2 Å². The fourth-order valence-corrected chi connectivity index (χ4v) is 4.76. The van der Waals surface area contributed by atoms with Gasteiger partial charge in [-0.3, -0.25) is 4.90 Å². The van der Waals surface area contributed by atoms with E-state index in [9.17, 15) is 0 Å². The molecule has 170 valence electrons. The van der Waals surface area contributed by atoms with E-state index in [0.29, 0.717) is 5.88 Å². The smallest absolute Gasteiger partial charge is 0.221 e. The highest BCUT2D eigenvalue weighted by atomic mass is 16.5. The number of fused-ring (bicyclic) bond motifs is 2. The van der Waals surface area contributed by atoms with Crippen LogP contribution >= 0.6 is 0 Å². The van der Waals surface area contributed by atoms with Crippen LogP contribution in [0.5, 0.6) is 11.6 Å². The molecule has 0 atom stereocenters. The zero-order valence-corrected chi connectivity index (χ0v) is 19.7. The number of hydrogen-bond acceptors (Lipinski definition) is 4. The molecule has 35 heavy (non-hydrogen) atoms. The number of hydrogen-bond donors (Lipinski definition) is 0. The summed E-state index contributed by atoms with van der Waals surface area (Å²) < 4.78 is 6.06. The van der Waals surface area contributed by atoms with Gasteiger partial charge in [0.25, 0.3) is 0 Å². The second-order valence-electron chi connectivity index (χ2n) is 9.16. The van der Waals surface area contributed by atoms with Crippen LogP contribution in [0, 0.1) is 0 Å². The van der Waals surface area contributed by atoms with Gasteiger partial charge in [0.05, 0.1) is 11.4 Å². The van der Waals surface area contributed by atoms with E-state index in [1.165, 1.54) is 5.56 Å². The predicted octanol–water partition coefficient (Wildman–Crippen LogP) is 8.05. The van der Waals surface area contributed by atoms with Crippen LogP contribution in [0.25, 0.3) is 11.3 Å². The van der Waals surface area contributed by atoms with Crippen molar-refractivity contribution >= 4 is 17.3 Å². The monoisotopic (exact) mass is 455 g/mol. The Morgan fingerprint density at radius 3 is 2.14 bits per heavy atom. The average Bonchev–Trinajstić information content (AvgIpc) is 2.90. The third-order valence-corrected chi connectivity index (χ3v) is 6.55. The molecule has 1 aliphatic heterocycles. The molecule has 1 aliphatic rings. The first-order valence-electron chi connectivity index (χ1n) is 11.8. The lowest BCUT2D eigenvalue weighted by atomic mass is 9.74. The first kappa shape index (κ1) is 21.1. The molecule has 0 radical (unpaired) electrons. The van der Waals surface area contributed by atoms with Crippen molar-refractivity contribution in [3.63, 3.8) is 0 Å². The van der Waals surface area contributed by atoms with E-state index in [0.717, 1.165) is 39.9 Å². The zero-order chi connectivity index (χ0) is 23.8. The Kier molecular flexibility index (Phi) is 5.07. The van der Waals surface area contributed by atoms with Crippen LogP contribution in [0.4, 0.5) is 17.3 Å². The maximum atomic E-state index is 6.06. The lowest BCUT2D eigenvalue weighted by Gasteiger charge is -2.40. The molecule has 3 heterocycles. The van der Waals surface area contributed by atoms with Gasteiger partial charge in [0.2, 0.25) is 5.88 Å². The lowest BCUT2D eigenvalue weighted by Crippen LogP contribution is -2.31. The van der Waals surface area contributed by atoms with Crippen LogP contribution in [0.3, 0.4) is 0 Å². The highest BCUT2D eigenvalue weighted by molar-refractivity contribution is 5.83. The average molecular weight is 456 g/mol. The second-order valence-corrected chi connectivity index (χ2v) is 9.16. The summed E-state index contributed by atoms with van der Waals surface area (Å²) in [5.41, 5.74) is 5.28. The van der Waals surface area contributed by atoms with Crippen LogP contribution in [0.1, 0.15) is 25.0 Å². The number of anilines is 3. The molecule has 0 saturated carbocycles. The summed E-state index contributed by atoms with van der Waals surface area (Å²) in [6.45, 7) is 4.52. The number of nitrogens with zero attached hydrogens (tertiary/aromatic N) is 3. The molecule has 4 heteroatoms. The van der Waals surface area contributed by atoms with Gasteiger partial charge in [-0.1, -0.05) is 92.7 Å². The van der Waals surface area contributed by atoms with Gasteiger partial charge in [-0.25, -0.2) is 4.98 Å². The van der Waals surface area contributed by atoms with E-state index in [1.54, 1.807) is 0 Å². The van der Waals surface area contributed by atoms with Crippen LogP contribution in [-0.4, -0.2) is 9.97 Å². The SMILES string of the molecule is CC1(C)c2ccccc2N(c2cccc(Oc3ccccc3)n2)c2nc(-c3ccccc3)ccc21. The molecule has 0 spiro atoms. The molecule has 0 aliphatic carbocycles. The standard InChI is InChI=1S/C31H25N3O/c1-31(2)24-16-9-10-17-27(24)34(28-18-11-19-29(33-28)35-23-14-7-4-8-15-23)30-25(31)20-21-26(32-30)22-12-5-3-6-13-22/h3-21H,1-2H3. The van der Waals surface area contributed by atoms with Gasteiger partial charge in [-0.2, -0.15) is 4.98 Å². The number of ether oxygens (including phenoxy) is 1. The van der Waals surface area contributed by atoms with Crippen molar-refractivity contribution in [1.29, 1.82) is 0 Å². The normalized spacial score (nSPS) is 13.6. The summed E-state index contributed by atoms with van der Waals surface area (Å²) in [4.78, 5) is 12.3. The first-order valence-corrected chi connectivity index (χ1v) is 11.8. The van der Waals surface area contributed by atoms with E-state index in [-0.39, 0.29) is 5.41 Å². The highest BCUT2D eigenvalue weighted by Crippen LogP contribution is 2.51. The van der Waals surface area contributed by atoms with Gasteiger partial charge >= 0.3 is 0 Å². The summed E-state index contributed by atoms with van der Waals surface area (Å²) >= 11 is 0. The van der Waals surface area contributed by atoms with E-state index in [2.05, 4.69) is 67.3 Å². The number of rotatable bonds is 4. The van der Waals surface area contributed by atoms with E-state index in [4.69, 9.17) is 14.7 Å². The summed E-state index contributed by atoms with van der Waals surface area (Å²) in [5.74, 6) is 2.94. The van der Waals surface area contributed by atoms with Gasteiger partial charge < -0.3 is 4.74 Å². The third-order valence-electron chi connectivity index (χ3n) is 6.55. The summed E-state index contributed by atoms with van der Waals surface area (Å²) in [6.07, 6.45) is 0. The Balaban J connectivity index is 1.53. The fraction of sp³-hybridized carbons (Fsp3) is 0.0968. The largest absolute Gasteiger partial charge is 0.439 e. The zero-order valence-electron chi connectivity index (χ0n) is 19.7. The van der Waals surface area contributed by atoms with Crippen molar-refractivity contribution < 1.29 is 4.74 Å². The molecule has 0 unspecified atom stereocenters. The van der Waals surface area contributed by atoms with Crippen molar-refractivity contribution in [2.75, 3.05) is 4.90 Å². The molecular weight excluding hydrogens is 430 g/mol. The van der Waals surface area contributed by atoms with E-state index in [1.807, 2.05) is 66.7 Å². The summed E-state index contributed by atoms with van der Waals surface area (Å²) in [7, 11) is 0. The van der Waals surface area contributed by atoms with Gasteiger partial charge in [-0.15, -0.1) is 0 Å². The van der Waals surface area contributed by atoms with Crippen molar-refractivity contribution in [1.82, 2.24) is 9.97 Å². The van der Waals surface area contributed by atoms with Crippen molar-refractivity contribution in [2.45, 2.75) is 19.3 Å². The van der Waals surface area contributed by atoms with Gasteiger partial charge in [0.15, 0.2) is 0 Å². The van der Waals surface area contributed by atoms with Crippen molar-refractivity contribution in [3.05, 3.63) is 126 Å². The van der Waals surface area contributed by atoms with Crippen molar-refractivity contribution in [3.8, 4) is 22.9 Å². The van der Waals surface area contributed by atoms with Crippen LogP contribution in [-0.2, 0) is 5.41 Å². The second kappa shape index (κ2) is 8.41. The molecule has 0 bridgehead atoms. The Hall–Kier alpha value is -4.44. The van der Waals surface area contributed by atoms with Gasteiger partial charge in [-0.05, 0) is 35.9 Å². The number of pyridine rings is 2. The highest BCUT2D eigenvalue weighted by Gasteiger charge is 2.38. The van der Waals surface area contributed by atoms with E-state index < -0.39 is 0 Å². The fourth-order valence-electron chi connectivity index (χ4n) is 4.76. The van der Waals surface area contributed by atoms with Crippen LogP contribution in [0.2, 0.25) is 0 Å². The molecule has 4 nitrogen and oxygen atoms in total. The minimum Gasteiger partial charge on any atom is -0.439 e. The third kappa shape index (κ3) is 3.73. The molecule has 5 aromatic rings. The van der Waals surface area contributed by atoms with Gasteiger partial charge in [0, 0.05) is 22.6 Å².